The summed E-state index contributed by atoms with van der Waals surface area (Å²) in [5, 5.41) is 39.0. The molecule has 0 bridgehead atoms. The number of carbonyl (C=O) groups is 4. The Hall–Kier alpha value is -4.56. The molecule has 2 aromatic rings. The number of aromatic hydroxyl groups is 2. The third kappa shape index (κ3) is 10.2. The molecule has 14 nitrogen and oxygen atoms in total. The van der Waals surface area contributed by atoms with E-state index in [0.717, 1.165) is 0 Å². The fourth-order valence-electron chi connectivity index (χ4n) is 4.61. The highest BCUT2D eigenvalue weighted by atomic mass is 16.6. The van der Waals surface area contributed by atoms with Gasteiger partial charge < -0.3 is 51.6 Å². The van der Waals surface area contributed by atoms with E-state index in [2.05, 4.69) is 31.9 Å². The van der Waals surface area contributed by atoms with Crippen LogP contribution in [0.1, 0.15) is 73.4 Å². The second-order valence-electron chi connectivity index (χ2n) is 12.6. The maximum Gasteiger partial charge on any atom is 0.407 e. The number of fused-ring (bicyclic) bond motifs is 2. The number of amides is 2. The summed E-state index contributed by atoms with van der Waals surface area (Å²) in [5.41, 5.74) is -0.695. The topological polar surface area (TPSA) is 199 Å². The molecule has 14 heteroatoms. The Labute approximate surface area is 269 Å². The predicted octanol–water partition coefficient (Wildman–Crippen LogP) is 2.93. The van der Waals surface area contributed by atoms with Gasteiger partial charge in [0, 0.05) is 63.7 Å². The smallest absolute Gasteiger partial charge is 0.407 e. The van der Waals surface area contributed by atoms with Crippen LogP contribution in [-0.2, 0) is 9.47 Å². The Kier molecular flexibility index (Phi) is 12.2. The molecule has 0 atom stereocenters. The molecule has 2 aromatic carbocycles. The molecule has 1 aliphatic carbocycles. The fraction of sp³-hybridized carbons (Fsp3) is 0.500. The van der Waals surface area contributed by atoms with Crippen LogP contribution >= 0.6 is 0 Å². The zero-order chi connectivity index (χ0) is 34.1. The van der Waals surface area contributed by atoms with Crippen LogP contribution in [0.15, 0.2) is 24.3 Å². The molecule has 0 aromatic heterocycles. The van der Waals surface area contributed by atoms with E-state index in [9.17, 15) is 29.4 Å². The molecular formula is C32H46N6O8. The summed E-state index contributed by atoms with van der Waals surface area (Å²) in [4.78, 5) is 51.0. The summed E-state index contributed by atoms with van der Waals surface area (Å²) >= 11 is 0. The lowest BCUT2D eigenvalue weighted by Gasteiger charge is -2.25. The van der Waals surface area contributed by atoms with Crippen LogP contribution in [0, 0.1) is 0 Å². The molecule has 0 radical (unpaired) electrons. The van der Waals surface area contributed by atoms with E-state index in [1.165, 1.54) is 12.1 Å². The molecule has 0 heterocycles. The number of nitrogens with one attached hydrogen (secondary N) is 6. The van der Waals surface area contributed by atoms with Gasteiger partial charge in [-0.3, -0.25) is 9.59 Å². The maximum absolute atomic E-state index is 13.7. The van der Waals surface area contributed by atoms with Crippen molar-refractivity contribution in [2.24, 2.45) is 0 Å². The number of phenols is 2. The van der Waals surface area contributed by atoms with E-state index in [0.29, 0.717) is 63.7 Å². The molecular weight excluding hydrogens is 596 g/mol. The summed E-state index contributed by atoms with van der Waals surface area (Å²) < 4.78 is 10.4. The van der Waals surface area contributed by atoms with Crippen molar-refractivity contribution in [1.29, 1.82) is 0 Å². The van der Waals surface area contributed by atoms with Crippen LogP contribution in [0.3, 0.4) is 0 Å². The minimum absolute atomic E-state index is 0.0875. The first-order valence-electron chi connectivity index (χ1n) is 15.2. The first kappa shape index (κ1) is 35.9. The first-order chi connectivity index (χ1) is 21.6. The van der Waals surface area contributed by atoms with Gasteiger partial charge in [0.1, 0.15) is 22.7 Å². The van der Waals surface area contributed by atoms with E-state index in [1.807, 2.05) is 0 Å². The Balaban J connectivity index is 1.63. The van der Waals surface area contributed by atoms with Crippen molar-refractivity contribution in [3.63, 3.8) is 0 Å². The quantitative estimate of drug-likeness (QED) is 0.0946. The number of rotatable bonds is 14. The molecule has 0 fully saturated rings. The molecule has 2 amide bonds. The summed E-state index contributed by atoms with van der Waals surface area (Å²) in [5.74, 6) is -1.98. The highest BCUT2D eigenvalue weighted by Crippen LogP contribution is 2.42. The van der Waals surface area contributed by atoms with Crippen molar-refractivity contribution in [3.05, 3.63) is 46.5 Å². The third-order valence-electron chi connectivity index (χ3n) is 6.45. The summed E-state index contributed by atoms with van der Waals surface area (Å²) in [6.07, 6.45) is -1.01. The molecule has 3 rings (SSSR count). The molecule has 1 aliphatic rings. The largest absolute Gasteiger partial charge is 0.507 e. The summed E-state index contributed by atoms with van der Waals surface area (Å²) in [6.45, 7) is 14.1. The minimum atomic E-state index is -0.593. The number of carbonyl (C=O) groups excluding carboxylic acids is 4. The van der Waals surface area contributed by atoms with E-state index in [1.54, 1.807) is 53.7 Å². The van der Waals surface area contributed by atoms with Crippen molar-refractivity contribution in [1.82, 2.24) is 21.3 Å². The van der Waals surface area contributed by atoms with Crippen LogP contribution in [0.5, 0.6) is 11.5 Å². The van der Waals surface area contributed by atoms with Crippen molar-refractivity contribution < 1.29 is 38.9 Å². The maximum atomic E-state index is 13.7. The Morgan fingerprint density at radius 1 is 0.565 bits per heavy atom. The number of benzene rings is 2. The van der Waals surface area contributed by atoms with E-state index >= 15 is 0 Å². The normalized spacial score (nSPS) is 12.6. The van der Waals surface area contributed by atoms with Gasteiger partial charge in [-0.2, -0.15) is 0 Å². The average molecular weight is 643 g/mol. The van der Waals surface area contributed by atoms with Gasteiger partial charge in [0.2, 0.25) is 11.6 Å². The number of ketones is 2. The van der Waals surface area contributed by atoms with E-state index < -0.39 is 46.5 Å². The summed E-state index contributed by atoms with van der Waals surface area (Å²) in [7, 11) is 0. The fourth-order valence-corrected chi connectivity index (χ4v) is 4.61. The van der Waals surface area contributed by atoms with Crippen LogP contribution in [0.25, 0.3) is 0 Å². The molecule has 0 spiro atoms. The number of alkyl carbamates (subject to hydrolysis) is 2. The molecule has 0 saturated heterocycles. The molecule has 0 aliphatic heterocycles. The zero-order valence-corrected chi connectivity index (χ0v) is 27.3. The predicted molar refractivity (Wildman–Crippen MR) is 174 cm³/mol. The van der Waals surface area contributed by atoms with Crippen molar-refractivity contribution in [2.75, 3.05) is 63.0 Å². The number of hydrogen-bond acceptors (Lipinski definition) is 12. The third-order valence-corrected chi connectivity index (χ3v) is 6.45. The summed E-state index contributed by atoms with van der Waals surface area (Å²) in [6, 6.07) is 5.72. The van der Waals surface area contributed by atoms with Crippen molar-refractivity contribution >= 4 is 35.1 Å². The standard InChI is InChI=1S/C32H46N6O8/c1-31(2,3)45-29(43)37-17-13-33-11-15-35-19-7-8-20(36-16-12-34-14-18-38-30(44)46-32(4,5)6)24-23(19)27(41)25-21(39)9-10-22(40)26(25)28(24)42/h7-10,33-36,39-40H,11-18H2,1-6H3,(H,37,43)(H,38,44). The Morgan fingerprint density at radius 3 is 1.26 bits per heavy atom. The SMILES string of the molecule is CC(C)(C)OC(=O)NCCNCCNc1ccc(NCCNCCNC(=O)OC(C)(C)C)c2c1C(=O)c1c(O)ccc(O)c1C2=O. The van der Waals surface area contributed by atoms with Crippen LogP contribution in [0.4, 0.5) is 21.0 Å². The average Bonchev–Trinajstić information content (AvgIpc) is 2.94. The molecule has 8 N–H and O–H groups in total. The first-order valence-corrected chi connectivity index (χ1v) is 15.2. The minimum Gasteiger partial charge on any atom is -0.507 e. The van der Waals surface area contributed by atoms with Gasteiger partial charge in [-0.25, -0.2) is 9.59 Å². The van der Waals surface area contributed by atoms with Gasteiger partial charge in [0.25, 0.3) is 0 Å². The second kappa shape index (κ2) is 15.6. The molecule has 46 heavy (non-hydrogen) atoms. The van der Waals surface area contributed by atoms with Crippen LogP contribution in [0.2, 0.25) is 0 Å². The Morgan fingerprint density at radius 2 is 0.913 bits per heavy atom. The van der Waals surface area contributed by atoms with Gasteiger partial charge in [-0.15, -0.1) is 0 Å². The van der Waals surface area contributed by atoms with Gasteiger partial charge in [-0.05, 0) is 65.8 Å². The number of phenolic OH excluding ortho intramolecular Hbond substituents is 2. The van der Waals surface area contributed by atoms with Gasteiger partial charge in [-0.1, -0.05) is 0 Å². The number of ether oxygens (including phenoxy) is 2. The molecule has 252 valence electrons. The lowest BCUT2D eigenvalue weighted by molar-refractivity contribution is 0.0517. The highest BCUT2D eigenvalue weighted by molar-refractivity contribution is 6.33. The monoisotopic (exact) mass is 642 g/mol. The van der Waals surface area contributed by atoms with Gasteiger partial charge >= 0.3 is 12.2 Å². The van der Waals surface area contributed by atoms with Crippen LogP contribution in [-0.4, -0.2) is 97.5 Å². The number of anilines is 2. The number of hydrogen-bond donors (Lipinski definition) is 8. The highest BCUT2D eigenvalue weighted by Gasteiger charge is 2.38. The Bertz CT molecular complexity index is 1330. The second-order valence-corrected chi connectivity index (χ2v) is 12.6. The lowest BCUT2D eigenvalue weighted by Crippen LogP contribution is -2.37. The lowest BCUT2D eigenvalue weighted by atomic mass is 9.81. The van der Waals surface area contributed by atoms with Crippen LogP contribution < -0.4 is 31.9 Å². The van der Waals surface area contributed by atoms with Gasteiger partial charge in [0.15, 0.2) is 0 Å². The molecule has 0 saturated carbocycles. The zero-order valence-electron chi connectivity index (χ0n) is 27.3. The van der Waals surface area contributed by atoms with Gasteiger partial charge in [0.05, 0.1) is 22.3 Å². The van der Waals surface area contributed by atoms with E-state index in [-0.39, 0.29) is 22.3 Å². The van der Waals surface area contributed by atoms with Crippen molar-refractivity contribution in [3.8, 4) is 11.5 Å². The van der Waals surface area contributed by atoms with Crippen molar-refractivity contribution in [2.45, 2.75) is 52.7 Å². The van der Waals surface area contributed by atoms with E-state index in [4.69, 9.17) is 9.47 Å². The molecule has 0 unspecified atom stereocenters.